The summed E-state index contributed by atoms with van der Waals surface area (Å²) < 4.78 is 0. The number of aromatic nitrogens is 1. The Kier molecular flexibility index (Phi) is 3.06. The lowest BCUT2D eigenvalue weighted by atomic mass is 10.1. The fourth-order valence-corrected chi connectivity index (χ4v) is 2.41. The van der Waals surface area contributed by atoms with E-state index in [4.69, 9.17) is 17.3 Å². The number of likely N-dealkylation sites (N-methyl/N-ethyl adjacent to an activating group) is 1. The molecule has 0 atom stereocenters. The van der Waals surface area contributed by atoms with Crippen molar-refractivity contribution < 1.29 is 0 Å². The number of benzene rings is 1. The molecule has 0 spiro atoms. The summed E-state index contributed by atoms with van der Waals surface area (Å²) in [6, 6.07) is 5.65. The summed E-state index contributed by atoms with van der Waals surface area (Å²) in [5, 5.41) is 1.66. The van der Waals surface area contributed by atoms with Crippen molar-refractivity contribution in [2.75, 3.05) is 24.2 Å². The van der Waals surface area contributed by atoms with Crippen molar-refractivity contribution in [3.63, 3.8) is 0 Å². The Balaban J connectivity index is 0.00000108. The van der Waals surface area contributed by atoms with Gasteiger partial charge < -0.3 is 10.6 Å². The highest BCUT2D eigenvalue weighted by Gasteiger charge is 2.21. The van der Waals surface area contributed by atoms with Gasteiger partial charge in [0.1, 0.15) is 5.82 Å². The second-order valence-corrected chi connectivity index (χ2v) is 4.60. The predicted molar refractivity (Wildman–Crippen MR) is 75.4 cm³/mol. The maximum atomic E-state index is 6.18. The molecular formula is C12H13Cl2N3. The Morgan fingerprint density at radius 1 is 1.41 bits per heavy atom. The van der Waals surface area contributed by atoms with Gasteiger partial charge in [0.05, 0.1) is 5.52 Å². The Hall–Kier alpha value is -1.19. The minimum Gasteiger partial charge on any atom is -0.398 e. The molecule has 0 unspecified atom stereocenters. The number of nitrogens with zero attached hydrogens (tertiary/aromatic N) is 2. The van der Waals surface area contributed by atoms with Crippen LogP contribution in [0.25, 0.3) is 10.9 Å². The summed E-state index contributed by atoms with van der Waals surface area (Å²) in [4.78, 5) is 6.76. The summed E-state index contributed by atoms with van der Waals surface area (Å²) in [6.07, 6.45) is 0.965. The topological polar surface area (TPSA) is 42.2 Å². The number of anilines is 2. The van der Waals surface area contributed by atoms with Gasteiger partial charge in [-0.15, -0.1) is 12.4 Å². The number of halogens is 2. The number of hydrogen-bond donors (Lipinski definition) is 1. The molecule has 5 heteroatoms. The lowest BCUT2D eigenvalue weighted by Gasteiger charge is -2.13. The van der Waals surface area contributed by atoms with E-state index in [1.807, 2.05) is 25.2 Å². The molecule has 1 aliphatic rings. The van der Waals surface area contributed by atoms with Crippen molar-refractivity contribution in [1.82, 2.24) is 4.98 Å². The molecule has 0 amide bonds. The van der Waals surface area contributed by atoms with E-state index in [1.165, 1.54) is 0 Å². The average molecular weight is 270 g/mol. The van der Waals surface area contributed by atoms with Gasteiger partial charge in [0.25, 0.3) is 0 Å². The van der Waals surface area contributed by atoms with Gasteiger partial charge in [0, 0.05) is 35.3 Å². The summed E-state index contributed by atoms with van der Waals surface area (Å²) in [5.41, 5.74) is 9.06. The van der Waals surface area contributed by atoms with E-state index in [9.17, 15) is 0 Å². The molecule has 2 heterocycles. The number of pyridine rings is 1. The molecule has 0 aliphatic carbocycles. The van der Waals surface area contributed by atoms with Crippen LogP contribution in [0.1, 0.15) is 5.56 Å². The Morgan fingerprint density at radius 3 is 2.94 bits per heavy atom. The van der Waals surface area contributed by atoms with Crippen LogP contribution in [0.15, 0.2) is 18.2 Å². The van der Waals surface area contributed by atoms with Crippen molar-refractivity contribution in [2.45, 2.75) is 6.42 Å². The predicted octanol–water partition coefficient (Wildman–Crippen LogP) is 2.88. The summed E-state index contributed by atoms with van der Waals surface area (Å²) >= 11 is 5.98. The SMILES string of the molecule is CN1CCc2c1nc1ccc(Cl)cc1c2N.Cl. The second-order valence-electron chi connectivity index (χ2n) is 4.16. The molecule has 0 radical (unpaired) electrons. The van der Waals surface area contributed by atoms with Crippen LogP contribution in [0.3, 0.4) is 0 Å². The quantitative estimate of drug-likeness (QED) is 0.800. The molecule has 0 saturated carbocycles. The molecule has 1 aromatic carbocycles. The first-order valence-corrected chi connectivity index (χ1v) is 5.63. The second kappa shape index (κ2) is 4.24. The molecule has 90 valence electrons. The number of rotatable bonds is 0. The number of nitrogen functional groups attached to an aromatic ring is 1. The first-order chi connectivity index (χ1) is 7.66. The molecule has 2 N–H and O–H groups in total. The molecule has 2 aromatic rings. The zero-order valence-corrected chi connectivity index (χ0v) is 11.0. The van der Waals surface area contributed by atoms with Gasteiger partial charge >= 0.3 is 0 Å². The summed E-state index contributed by atoms with van der Waals surface area (Å²) in [7, 11) is 2.04. The van der Waals surface area contributed by atoms with Crippen LogP contribution in [0, 0.1) is 0 Å². The van der Waals surface area contributed by atoms with Gasteiger partial charge in [-0.3, -0.25) is 0 Å². The highest BCUT2D eigenvalue weighted by Crippen LogP contribution is 2.35. The van der Waals surface area contributed by atoms with E-state index in [0.29, 0.717) is 5.02 Å². The first kappa shape index (κ1) is 12.3. The van der Waals surface area contributed by atoms with E-state index >= 15 is 0 Å². The van der Waals surface area contributed by atoms with Crippen LogP contribution >= 0.6 is 24.0 Å². The lowest BCUT2D eigenvalue weighted by molar-refractivity contribution is 0.947. The van der Waals surface area contributed by atoms with Crippen molar-refractivity contribution in [1.29, 1.82) is 0 Å². The molecule has 17 heavy (non-hydrogen) atoms. The summed E-state index contributed by atoms with van der Waals surface area (Å²) in [6.45, 7) is 0.983. The van der Waals surface area contributed by atoms with Crippen LogP contribution in [0.5, 0.6) is 0 Å². The maximum Gasteiger partial charge on any atom is 0.134 e. The van der Waals surface area contributed by atoms with Crippen LogP contribution < -0.4 is 10.6 Å². The van der Waals surface area contributed by atoms with Crippen LogP contribution in [-0.4, -0.2) is 18.6 Å². The van der Waals surface area contributed by atoms with Crippen molar-refractivity contribution >= 4 is 46.4 Å². The molecule has 0 saturated heterocycles. The lowest BCUT2D eigenvalue weighted by Crippen LogP contribution is -2.13. The first-order valence-electron chi connectivity index (χ1n) is 5.25. The van der Waals surface area contributed by atoms with Gasteiger partial charge in [-0.05, 0) is 24.6 Å². The Bertz CT molecular complexity index is 583. The highest BCUT2D eigenvalue weighted by molar-refractivity contribution is 6.31. The molecule has 1 aromatic heterocycles. The molecule has 0 fully saturated rings. The maximum absolute atomic E-state index is 6.18. The van der Waals surface area contributed by atoms with E-state index in [1.54, 1.807) is 0 Å². The number of nitrogens with two attached hydrogens (primary N) is 1. The van der Waals surface area contributed by atoms with Crippen LogP contribution in [0.2, 0.25) is 5.02 Å². The third kappa shape index (κ3) is 1.79. The zero-order chi connectivity index (χ0) is 11.3. The van der Waals surface area contributed by atoms with E-state index in [-0.39, 0.29) is 12.4 Å². The molecule has 0 bridgehead atoms. The fourth-order valence-electron chi connectivity index (χ4n) is 2.23. The van der Waals surface area contributed by atoms with E-state index in [0.717, 1.165) is 40.9 Å². The molecule has 3 nitrogen and oxygen atoms in total. The third-order valence-electron chi connectivity index (χ3n) is 3.13. The minimum absolute atomic E-state index is 0. The largest absolute Gasteiger partial charge is 0.398 e. The van der Waals surface area contributed by atoms with Crippen LogP contribution in [0.4, 0.5) is 11.5 Å². The number of fused-ring (bicyclic) bond motifs is 2. The minimum atomic E-state index is 0. The van der Waals surface area contributed by atoms with Crippen molar-refractivity contribution in [3.05, 3.63) is 28.8 Å². The zero-order valence-electron chi connectivity index (χ0n) is 9.40. The number of hydrogen-bond acceptors (Lipinski definition) is 3. The van der Waals surface area contributed by atoms with E-state index in [2.05, 4.69) is 9.88 Å². The van der Waals surface area contributed by atoms with Gasteiger partial charge in [-0.2, -0.15) is 0 Å². The van der Waals surface area contributed by atoms with E-state index < -0.39 is 0 Å². The third-order valence-corrected chi connectivity index (χ3v) is 3.36. The molecule has 3 rings (SSSR count). The van der Waals surface area contributed by atoms with Gasteiger partial charge in [-0.25, -0.2) is 4.98 Å². The smallest absolute Gasteiger partial charge is 0.134 e. The highest BCUT2D eigenvalue weighted by atomic mass is 35.5. The Labute approximate surface area is 111 Å². The van der Waals surface area contributed by atoms with Crippen molar-refractivity contribution in [3.8, 4) is 0 Å². The monoisotopic (exact) mass is 269 g/mol. The van der Waals surface area contributed by atoms with Crippen molar-refractivity contribution in [2.24, 2.45) is 0 Å². The van der Waals surface area contributed by atoms with Gasteiger partial charge in [0.15, 0.2) is 0 Å². The fraction of sp³-hybridized carbons (Fsp3) is 0.250. The van der Waals surface area contributed by atoms with Gasteiger partial charge in [-0.1, -0.05) is 11.6 Å². The van der Waals surface area contributed by atoms with Crippen LogP contribution in [-0.2, 0) is 6.42 Å². The summed E-state index contributed by atoms with van der Waals surface area (Å²) in [5.74, 6) is 1.01. The molecule has 1 aliphatic heterocycles. The Morgan fingerprint density at radius 2 is 2.18 bits per heavy atom. The molecular weight excluding hydrogens is 257 g/mol. The average Bonchev–Trinajstić information content (AvgIpc) is 2.63. The standard InChI is InChI=1S/C12H12ClN3.ClH/c1-16-5-4-8-11(14)9-6-7(13)2-3-10(9)15-12(8)16;/h2-3,6H,4-5H2,1H3,(H2,14,15);1H. The van der Waals surface area contributed by atoms with Gasteiger partial charge in [0.2, 0.25) is 0 Å². The normalized spacial score (nSPS) is 13.6.